The van der Waals surface area contributed by atoms with E-state index in [1.807, 2.05) is 6.08 Å². The first-order valence-electron chi connectivity index (χ1n) is 31.9. The van der Waals surface area contributed by atoms with Crippen LogP contribution in [-0.2, 0) is 33.2 Å². The summed E-state index contributed by atoms with van der Waals surface area (Å²) in [6, 6.07) is -0.966. The van der Waals surface area contributed by atoms with Crippen molar-refractivity contribution in [2.24, 2.45) is 0 Å². The lowest BCUT2D eigenvalue weighted by molar-refractivity contribution is -0.379. The van der Waals surface area contributed by atoms with Gasteiger partial charge in [0.05, 0.1) is 38.6 Å². The van der Waals surface area contributed by atoms with Crippen LogP contribution in [-0.4, -0.2) is 193 Å². The van der Waals surface area contributed by atoms with Gasteiger partial charge in [-0.1, -0.05) is 225 Å². The van der Waals surface area contributed by atoms with Crippen molar-refractivity contribution >= 4 is 5.91 Å². The molecule has 0 aromatic carbocycles. The van der Waals surface area contributed by atoms with Gasteiger partial charge in [0, 0.05) is 6.42 Å². The molecule has 472 valence electrons. The molecular weight excluding hydrogens is 1030 g/mol. The lowest BCUT2D eigenvalue weighted by atomic mass is 9.96. The van der Waals surface area contributed by atoms with Gasteiger partial charge in [-0.25, -0.2) is 0 Å². The zero-order valence-corrected chi connectivity index (χ0v) is 49.3. The maximum atomic E-state index is 13.3. The first-order chi connectivity index (χ1) is 38.8. The van der Waals surface area contributed by atoms with Crippen LogP contribution in [0.5, 0.6) is 0 Å². The number of nitrogens with one attached hydrogen (secondary N) is 1. The molecule has 0 aromatic rings. The van der Waals surface area contributed by atoms with Gasteiger partial charge in [0.25, 0.3) is 0 Å². The molecule has 80 heavy (non-hydrogen) atoms. The molecule has 0 spiro atoms. The summed E-state index contributed by atoms with van der Waals surface area (Å²) in [7, 11) is 0. The molecule has 12 N–H and O–H groups in total. The number of carbonyl (C=O) groups excluding carboxylic acids is 1. The molecule has 3 rings (SSSR count). The fourth-order valence-corrected chi connectivity index (χ4v) is 11.1. The highest BCUT2D eigenvalue weighted by molar-refractivity contribution is 5.76. The van der Waals surface area contributed by atoms with Gasteiger partial charge in [0.1, 0.15) is 73.2 Å². The minimum atomic E-state index is -1.97. The van der Waals surface area contributed by atoms with E-state index in [2.05, 4.69) is 19.2 Å². The average molecular weight is 1150 g/mol. The van der Waals surface area contributed by atoms with Gasteiger partial charge in [-0.3, -0.25) is 4.79 Å². The molecular formula is C61H115NO18. The van der Waals surface area contributed by atoms with Crippen molar-refractivity contribution in [2.45, 2.75) is 343 Å². The number of hydrogen-bond acceptors (Lipinski definition) is 18. The third-order valence-electron chi connectivity index (χ3n) is 16.3. The van der Waals surface area contributed by atoms with Gasteiger partial charge < -0.3 is 89.9 Å². The first kappa shape index (κ1) is 72.8. The predicted molar refractivity (Wildman–Crippen MR) is 305 cm³/mol. The summed E-state index contributed by atoms with van der Waals surface area (Å²) in [5.74, 6) is -0.272. The number of ether oxygens (including phenoxy) is 6. The maximum Gasteiger partial charge on any atom is 0.220 e. The van der Waals surface area contributed by atoms with Crippen molar-refractivity contribution in [1.29, 1.82) is 0 Å². The number of hydrogen-bond donors (Lipinski definition) is 12. The van der Waals surface area contributed by atoms with E-state index in [0.29, 0.717) is 6.42 Å². The van der Waals surface area contributed by atoms with Crippen LogP contribution in [0.25, 0.3) is 0 Å². The highest BCUT2D eigenvalue weighted by Gasteiger charge is 2.53. The number of aliphatic hydroxyl groups excluding tert-OH is 11. The minimum Gasteiger partial charge on any atom is -0.394 e. The van der Waals surface area contributed by atoms with Crippen molar-refractivity contribution in [3.8, 4) is 0 Å². The van der Waals surface area contributed by atoms with Crippen LogP contribution in [0.2, 0.25) is 0 Å². The topological polar surface area (TPSA) is 307 Å². The van der Waals surface area contributed by atoms with E-state index in [1.54, 1.807) is 6.08 Å². The second kappa shape index (κ2) is 44.9. The maximum absolute atomic E-state index is 13.3. The third kappa shape index (κ3) is 28.2. The minimum absolute atomic E-state index is 0.249. The molecule has 17 atom stereocenters. The van der Waals surface area contributed by atoms with Crippen molar-refractivity contribution in [3.63, 3.8) is 0 Å². The number of aliphatic hydroxyl groups is 11. The fourth-order valence-electron chi connectivity index (χ4n) is 11.1. The van der Waals surface area contributed by atoms with Gasteiger partial charge in [-0.15, -0.1) is 0 Å². The molecule has 3 saturated heterocycles. The van der Waals surface area contributed by atoms with Crippen molar-refractivity contribution < 1.29 is 89.4 Å². The largest absolute Gasteiger partial charge is 0.394 e. The van der Waals surface area contributed by atoms with Crippen LogP contribution in [0, 0.1) is 0 Å². The molecule has 0 aliphatic carbocycles. The quantitative estimate of drug-likeness (QED) is 0.0227. The van der Waals surface area contributed by atoms with Crippen LogP contribution < -0.4 is 5.32 Å². The van der Waals surface area contributed by atoms with Crippen LogP contribution in [0.4, 0.5) is 0 Å². The Bertz CT molecular complexity index is 1510. The van der Waals surface area contributed by atoms with E-state index in [-0.39, 0.29) is 18.9 Å². The Balaban J connectivity index is 1.44. The number of allylic oxidation sites excluding steroid dienone is 1. The van der Waals surface area contributed by atoms with Crippen LogP contribution in [0.3, 0.4) is 0 Å². The van der Waals surface area contributed by atoms with E-state index in [4.69, 9.17) is 28.4 Å². The molecule has 3 fully saturated rings. The zero-order valence-electron chi connectivity index (χ0n) is 49.3. The zero-order chi connectivity index (χ0) is 58.3. The molecule has 0 saturated carbocycles. The Morgan fingerprint density at radius 2 is 0.775 bits per heavy atom. The molecule has 0 bridgehead atoms. The first-order valence-corrected chi connectivity index (χ1v) is 31.9. The highest BCUT2D eigenvalue weighted by Crippen LogP contribution is 2.33. The molecule has 17 unspecified atom stereocenters. The third-order valence-corrected chi connectivity index (χ3v) is 16.3. The Labute approximate surface area is 480 Å². The highest BCUT2D eigenvalue weighted by atomic mass is 16.8. The standard InChI is InChI=1S/C61H115NO18/c1-3-5-7-9-11-13-15-17-18-19-20-21-22-23-24-25-26-27-29-31-33-35-37-39-49(67)62-44(45(66)38-36-34-32-30-28-16-14-12-10-8-6-4-2)43-75-59-55(73)52(70)57(47(41-64)77-59)80-61-56(74)53(71)58(48(42-65)78-61)79-60-54(72)51(69)50(68)46(40-63)76-60/h36,38,44-48,50-61,63-66,68-74H,3-35,37,39-43H2,1-2H3,(H,62,67)/b38-36+. The second-order valence-electron chi connectivity index (χ2n) is 23.2. The average Bonchev–Trinajstić information content (AvgIpc) is 3.45. The fraction of sp³-hybridized carbons (Fsp3) is 0.951. The summed E-state index contributed by atoms with van der Waals surface area (Å²) < 4.78 is 34.3. The van der Waals surface area contributed by atoms with E-state index >= 15 is 0 Å². The SMILES string of the molecule is CCCCCCCCCCCC/C=C/C(O)C(COC1OC(CO)C(OC2OC(CO)C(OC3OC(CO)C(O)C(O)C3O)C(O)C2O)C(O)C1O)NC(=O)CCCCCCCCCCCCCCCCCCCCCCCCC. The molecule has 0 aromatic heterocycles. The summed E-state index contributed by atoms with van der Waals surface area (Å²) in [5.41, 5.74) is 0. The Hall–Kier alpha value is -1.47. The molecule has 0 radical (unpaired) electrons. The molecule has 1 amide bonds. The Morgan fingerprint density at radius 3 is 1.18 bits per heavy atom. The molecule has 3 heterocycles. The number of amides is 1. The van der Waals surface area contributed by atoms with Gasteiger partial charge >= 0.3 is 0 Å². The van der Waals surface area contributed by atoms with Crippen LogP contribution in [0.15, 0.2) is 12.2 Å². The summed E-state index contributed by atoms with van der Waals surface area (Å²) in [6.45, 7) is 1.73. The van der Waals surface area contributed by atoms with Crippen molar-refractivity contribution in [2.75, 3.05) is 26.4 Å². The summed E-state index contributed by atoms with van der Waals surface area (Å²) in [5, 5.41) is 120. The summed E-state index contributed by atoms with van der Waals surface area (Å²) in [4.78, 5) is 13.3. The summed E-state index contributed by atoms with van der Waals surface area (Å²) >= 11 is 0. The lowest BCUT2D eigenvalue weighted by Gasteiger charge is -2.48. The van der Waals surface area contributed by atoms with E-state index in [0.717, 1.165) is 44.9 Å². The normalized spacial score (nSPS) is 30.0. The Morgan fingerprint density at radius 1 is 0.438 bits per heavy atom. The number of rotatable bonds is 48. The number of carbonyl (C=O) groups is 1. The summed E-state index contributed by atoms with van der Waals surface area (Å²) in [6.07, 6.45) is 19.2. The van der Waals surface area contributed by atoms with Crippen LogP contribution >= 0.6 is 0 Å². The monoisotopic (exact) mass is 1150 g/mol. The molecule has 3 aliphatic heterocycles. The lowest BCUT2D eigenvalue weighted by Crippen LogP contribution is -2.66. The molecule has 19 heteroatoms. The van der Waals surface area contributed by atoms with Crippen molar-refractivity contribution in [1.82, 2.24) is 5.32 Å². The number of unbranched alkanes of at least 4 members (excludes halogenated alkanes) is 32. The van der Waals surface area contributed by atoms with Crippen molar-refractivity contribution in [3.05, 3.63) is 12.2 Å². The van der Waals surface area contributed by atoms with Gasteiger partial charge in [0.15, 0.2) is 18.9 Å². The predicted octanol–water partition coefficient (Wildman–Crippen LogP) is 6.55. The molecule has 19 nitrogen and oxygen atoms in total. The van der Waals surface area contributed by atoms with Gasteiger partial charge in [0.2, 0.25) is 5.91 Å². The van der Waals surface area contributed by atoms with E-state index < -0.39 is 124 Å². The smallest absolute Gasteiger partial charge is 0.220 e. The van der Waals surface area contributed by atoms with Gasteiger partial charge in [-0.05, 0) is 19.3 Å². The van der Waals surface area contributed by atoms with E-state index in [9.17, 15) is 61.0 Å². The van der Waals surface area contributed by atoms with Crippen LogP contribution in [0.1, 0.15) is 239 Å². The van der Waals surface area contributed by atoms with Gasteiger partial charge in [-0.2, -0.15) is 0 Å². The van der Waals surface area contributed by atoms with E-state index in [1.165, 1.54) is 167 Å². The second-order valence-corrected chi connectivity index (χ2v) is 23.2. The Kier molecular flexibility index (Phi) is 40.9. The molecule has 3 aliphatic rings.